The first kappa shape index (κ1) is 23.1. The van der Waals surface area contributed by atoms with Crippen molar-refractivity contribution in [1.82, 2.24) is 10.2 Å². The van der Waals surface area contributed by atoms with Gasteiger partial charge in [-0.25, -0.2) is 0 Å². The molecule has 0 saturated carbocycles. The van der Waals surface area contributed by atoms with Crippen LogP contribution in [-0.2, 0) is 14.4 Å². The molecule has 2 aromatic carbocycles. The average molecular weight is 459 g/mol. The van der Waals surface area contributed by atoms with Crippen LogP contribution in [0.5, 0.6) is 11.5 Å². The van der Waals surface area contributed by atoms with Crippen molar-refractivity contribution in [2.45, 2.75) is 13.0 Å². The van der Waals surface area contributed by atoms with Crippen molar-refractivity contribution in [2.24, 2.45) is 0 Å². The lowest BCUT2D eigenvalue weighted by molar-refractivity contribution is -0.140. The van der Waals surface area contributed by atoms with Crippen molar-refractivity contribution < 1.29 is 29.0 Å². The lowest BCUT2D eigenvalue weighted by Gasteiger charge is -2.26. The smallest absolute Gasteiger partial charge is 0.295 e. The summed E-state index contributed by atoms with van der Waals surface area (Å²) in [7, 11) is 2.97. The first-order valence-electron chi connectivity index (χ1n) is 9.79. The van der Waals surface area contributed by atoms with Crippen LogP contribution in [0.1, 0.15) is 24.1 Å². The molecule has 168 valence electrons. The molecular formula is C23H23ClN2O6. The monoisotopic (exact) mass is 458 g/mol. The molecule has 2 aromatic rings. The van der Waals surface area contributed by atoms with E-state index in [1.54, 1.807) is 42.5 Å². The summed E-state index contributed by atoms with van der Waals surface area (Å²) in [6, 6.07) is 10.3. The Kier molecular flexibility index (Phi) is 7.05. The maximum absolute atomic E-state index is 13.0. The van der Waals surface area contributed by atoms with Crippen molar-refractivity contribution >= 4 is 35.0 Å². The number of rotatable bonds is 7. The van der Waals surface area contributed by atoms with E-state index in [1.165, 1.54) is 26.0 Å². The number of ketones is 1. The number of Topliss-reactive ketones (excluding diaryl/α,β-unsaturated/α-hetero) is 1. The largest absolute Gasteiger partial charge is 0.507 e. The van der Waals surface area contributed by atoms with Crippen LogP contribution in [-0.4, -0.2) is 54.9 Å². The maximum atomic E-state index is 13.0. The fourth-order valence-electron chi connectivity index (χ4n) is 3.59. The van der Waals surface area contributed by atoms with E-state index in [0.29, 0.717) is 27.6 Å². The van der Waals surface area contributed by atoms with E-state index < -0.39 is 17.7 Å². The first-order chi connectivity index (χ1) is 15.3. The number of hydrogen-bond donors (Lipinski definition) is 2. The van der Waals surface area contributed by atoms with Crippen molar-refractivity contribution in [3.63, 3.8) is 0 Å². The third-order valence-corrected chi connectivity index (χ3v) is 5.37. The Morgan fingerprint density at radius 2 is 1.81 bits per heavy atom. The van der Waals surface area contributed by atoms with Gasteiger partial charge in [0.2, 0.25) is 5.91 Å². The quantitative estimate of drug-likeness (QED) is 0.375. The molecule has 1 heterocycles. The standard InChI is InChI=1S/C23H23ClN2O6/c1-13(27)25-10-11-26-20(17-9-8-16(31-2)12-18(17)32-3)19(22(29)23(26)30)21(28)14-4-6-15(24)7-5-14/h4-9,12,20,28H,10-11H2,1-3H3,(H,25,27)/b21-19+/t20-/m0/s1. The molecule has 0 spiro atoms. The molecule has 2 amide bonds. The van der Waals surface area contributed by atoms with Gasteiger partial charge in [0.05, 0.1) is 25.8 Å². The molecule has 0 bridgehead atoms. The summed E-state index contributed by atoms with van der Waals surface area (Å²) < 4.78 is 10.7. The summed E-state index contributed by atoms with van der Waals surface area (Å²) in [5.41, 5.74) is 0.751. The van der Waals surface area contributed by atoms with Crippen LogP contribution >= 0.6 is 11.6 Å². The summed E-state index contributed by atoms with van der Waals surface area (Å²) in [5.74, 6) is -1.30. The van der Waals surface area contributed by atoms with Gasteiger partial charge in [-0.15, -0.1) is 0 Å². The van der Waals surface area contributed by atoms with Crippen LogP contribution in [0.2, 0.25) is 5.02 Å². The van der Waals surface area contributed by atoms with Crippen LogP contribution in [0, 0.1) is 0 Å². The first-order valence-corrected chi connectivity index (χ1v) is 10.2. The third-order valence-electron chi connectivity index (χ3n) is 5.12. The fourth-order valence-corrected chi connectivity index (χ4v) is 3.72. The molecule has 0 aliphatic carbocycles. The normalized spacial score (nSPS) is 17.4. The summed E-state index contributed by atoms with van der Waals surface area (Å²) >= 11 is 5.94. The van der Waals surface area contributed by atoms with Crippen molar-refractivity contribution in [2.75, 3.05) is 27.3 Å². The van der Waals surface area contributed by atoms with Gasteiger partial charge in [-0.05, 0) is 36.4 Å². The number of likely N-dealkylation sites (tertiary alicyclic amines) is 1. The zero-order chi connectivity index (χ0) is 23.4. The molecule has 1 saturated heterocycles. The molecule has 9 heteroatoms. The van der Waals surface area contributed by atoms with E-state index in [4.69, 9.17) is 21.1 Å². The minimum Gasteiger partial charge on any atom is -0.507 e. The topological polar surface area (TPSA) is 105 Å². The minimum absolute atomic E-state index is 0.0569. The van der Waals surface area contributed by atoms with E-state index in [2.05, 4.69) is 5.32 Å². The second-order valence-electron chi connectivity index (χ2n) is 7.09. The van der Waals surface area contributed by atoms with E-state index in [1.807, 2.05) is 0 Å². The number of carbonyl (C=O) groups is 3. The molecular weight excluding hydrogens is 436 g/mol. The number of amides is 2. The van der Waals surface area contributed by atoms with Crippen LogP contribution in [0.25, 0.3) is 5.76 Å². The van der Waals surface area contributed by atoms with Gasteiger partial charge in [0.1, 0.15) is 17.3 Å². The fraction of sp³-hybridized carbons (Fsp3) is 0.261. The van der Waals surface area contributed by atoms with Gasteiger partial charge in [-0.2, -0.15) is 0 Å². The average Bonchev–Trinajstić information content (AvgIpc) is 3.03. The van der Waals surface area contributed by atoms with Crippen LogP contribution < -0.4 is 14.8 Å². The van der Waals surface area contributed by atoms with Gasteiger partial charge in [-0.3, -0.25) is 14.4 Å². The summed E-state index contributed by atoms with van der Waals surface area (Å²) in [6.45, 7) is 1.55. The number of benzene rings is 2. The molecule has 0 radical (unpaired) electrons. The Morgan fingerprint density at radius 3 is 2.41 bits per heavy atom. The Bertz CT molecular complexity index is 1080. The van der Waals surface area contributed by atoms with Gasteiger partial charge in [-0.1, -0.05) is 11.6 Å². The second kappa shape index (κ2) is 9.74. The highest BCUT2D eigenvalue weighted by atomic mass is 35.5. The zero-order valence-electron chi connectivity index (χ0n) is 17.8. The maximum Gasteiger partial charge on any atom is 0.295 e. The van der Waals surface area contributed by atoms with E-state index in [9.17, 15) is 19.5 Å². The Labute approximate surface area is 190 Å². The molecule has 0 unspecified atom stereocenters. The van der Waals surface area contributed by atoms with Gasteiger partial charge < -0.3 is 24.8 Å². The highest BCUT2D eigenvalue weighted by Crippen LogP contribution is 2.43. The molecule has 3 rings (SSSR count). The minimum atomic E-state index is -0.930. The molecule has 1 aliphatic rings. The van der Waals surface area contributed by atoms with Gasteiger partial charge >= 0.3 is 0 Å². The number of nitrogens with zero attached hydrogens (tertiary/aromatic N) is 1. The molecule has 8 nitrogen and oxygen atoms in total. The van der Waals surface area contributed by atoms with Crippen molar-refractivity contribution in [3.8, 4) is 11.5 Å². The van der Waals surface area contributed by atoms with E-state index >= 15 is 0 Å². The summed E-state index contributed by atoms with van der Waals surface area (Å²) in [6.07, 6.45) is 0. The van der Waals surface area contributed by atoms with Gasteiger partial charge in [0.15, 0.2) is 0 Å². The zero-order valence-corrected chi connectivity index (χ0v) is 18.6. The summed E-state index contributed by atoms with van der Waals surface area (Å²) in [4.78, 5) is 38.5. The van der Waals surface area contributed by atoms with Crippen LogP contribution in [0.4, 0.5) is 0 Å². The highest BCUT2D eigenvalue weighted by Gasteiger charge is 2.46. The number of halogens is 1. The number of hydrogen-bond acceptors (Lipinski definition) is 6. The molecule has 1 atom stereocenters. The number of carbonyl (C=O) groups excluding carboxylic acids is 3. The SMILES string of the molecule is COc1ccc([C@H]2/C(=C(\O)c3ccc(Cl)cc3)C(=O)C(=O)N2CCNC(C)=O)c(OC)c1. The Balaban J connectivity index is 2.17. The number of nitrogens with one attached hydrogen (secondary N) is 1. The lowest BCUT2D eigenvalue weighted by atomic mass is 9.94. The highest BCUT2D eigenvalue weighted by molar-refractivity contribution is 6.46. The Hall–Kier alpha value is -3.52. The van der Waals surface area contributed by atoms with Gasteiger partial charge in [0, 0.05) is 42.2 Å². The summed E-state index contributed by atoms with van der Waals surface area (Å²) in [5, 5.41) is 14.1. The third kappa shape index (κ3) is 4.55. The second-order valence-corrected chi connectivity index (χ2v) is 7.53. The molecule has 1 fully saturated rings. The van der Waals surface area contributed by atoms with Crippen LogP contribution in [0.15, 0.2) is 48.0 Å². The number of aliphatic hydroxyl groups excluding tert-OH is 1. The Morgan fingerprint density at radius 1 is 1.12 bits per heavy atom. The lowest BCUT2D eigenvalue weighted by Crippen LogP contribution is -2.37. The van der Waals surface area contributed by atoms with Crippen LogP contribution in [0.3, 0.4) is 0 Å². The van der Waals surface area contributed by atoms with Crippen molar-refractivity contribution in [3.05, 3.63) is 64.2 Å². The van der Waals surface area contributed by atoms with E-state index in [-0.39, 0.29) is 30.3 Å². The predicted molar refractivity (Wildman–Crippen MR) is 119 cm³/mol. The number of methoxy groups -OCH3 is 2. The molecule has 1 aliphatic heterocycles. The van der Waals surface area contributed by atoms with Crippen molar-refractivity contribution in [1.29, 1.82) is 0 Å². The van der Waals surface area contributed by atoms with E-state index in [0.717, 1.165) is 0 Å². The molecule has 2 N–H and O–H groups in total. The molecule has 32 heavy (non-hydrogen) atoms. The molecule has 0 aromatic heterocycles. The number of aliphatic hydroxyl groups is 1. The van der Waals surface area contributed by atoms with Gasteiger partial charge in [0.25, 0.3) is 11.7 Å². The number of ether oxygens (including phenoxy) is 2. The predicted octanol–water partition coefficient (Wildman–Crippen LogP) is 2.92.